The first-order valence-corrected chi connectivity index (χ1v) is 6.19. The lowest BCUT2D eigenvalue weighted by Crippen LogP contribution is -2.16. The molecular formula is C12H8BrN3O4. The van der Waals surface area contributed by atoms with Crippen molar-refractivity contribution in [2.45, 2.75) is 0 Å². The zero-order valence-electron chi connectivity index (χ0n) is 9.95. The molecule has 0 spiro atoms. The number of nitro groups is 1. The van der Waals surface area contributed by atoms with Crippen LogP contribution in [-0.2, 0) is 0 Å². The number of carbonyl (C=O) groups excluding carboxylic acids is 1. The summed E-state index contributed by atoms with van der Waals surface area (Å²) in [6.45, 7) is 0. The molecule has 0 radical (unpaired) electrons. The van der Waals surface area contributed by atoms with Crippen molar-refractivity contribution in [3.63, 3.8) is 0 Å². The molecule has 0 saturated carbocycles. The van der Waals surface area contributed by atoms with E-state index in [9.17, 15) is 14.9 Å². The summed E-state index contributed by atoms with van der Waals surface area (Å²) < 4.78 is 5.49. The number of nitrogens with zero attached hydrogens (tertiary/aromatic N) is 2. The maximum absolute atomic E-state index is 11.6. The number of carbonyl (C=O) groups is 1. The van der Waals surface area contributed by atoms with Gasteiger partial charge in [-0.3, -0.25) is 14.9 Å². The SMILES string of the molecule is O=C(N/N=C/c1ccc([N+](=O)[O-])cc1)c1ccc(Br)o1. The fourth-order valence-electron chi connectivity index (χ4n) is 1.34. The first-order chi connectivity index (χ1) is 9.56. The second-order valence-corrected chi connectivity index (χ2v) is 4.43. The maximum atomic E-state index is 11.6. The van der Waals surface area contributed by atoms with E-state index in [0.717, 1.165) is 0 Å². The molecule has 0 atom stereocenters. The normalized spacial score (nSPS) is 10.7. The number of halogens is 1. The number of benzene rings is 1. The molecule has 1 aromatic carbocycles. The Bertz CT molecular complexity index is 664. The summed E-state index contributed by atoms with van der Waals surface area (Å²) in [5.41, 5.74) is 2.89. The van der Waals surface area contributed by atoms with Crippen LogP contribution < -0.4 is 5.43 Å². The number of nitro benzene ring substituents is 1. The molecule has 102 valence electrons. The van der Waals surface area contributed by atoms with Gasteiger partial charge in [0.15, 0.2) is 10.4 Å². The molecular weight excluding hydrogens is 330 g/mol. The van der Waals surface area contributed by atoms with Crippen LogP contribution in [0.3, 0.4) is 0 Å². The van der Waals surface area contributed by atoms with Crippen LogP contribution in [0.2, 0.25) is 0 Å². The van der Waals surface area contributed by atoms with Crippen LogP contribution in [-0.4, -0.2) is 17.0 Å². The fraction of sp³-hybridized carbons (Fsp3) is 0. The predicted molar refractivity (Wildman–Crippen MR) is 74.6 cm³/mol. The Labute approximate surface area is 121 Å². The van der Waals surface area contributed by atoms with Gasteiger partial charge in [-0.1, -0.05) is 0 Å². The second-order valence-electron chi connectivity index (χ2n) is 3.65. The van der Waals surface area contributed by atoms with Gasteiger partial charge in [0.05, 0.1) is 11.1 Å². The van der Waals surface area contributed by atoms with E-state index in [4.69, 9.17) is 4.42 Å². The number of hydrazone groups is 1. The number of amides is 1. The third-order valence-electron chi connectivity index (χ3n) is 2.28. The zero-order chi connectivity index (χ0) is 14.5. The Hall–Kier alpha value is -2.48. The van der Waals surface area contributed by atoms with Crippen molar-refractivity contribution in [3.8, 4) is 0 Å². The fourth-order valence-corrected chi connectivity index (χ4v) is 1.65. The van der Waals surface area contributed by atoms with Gasteiger partial charge in [-0.15, -0.1) is 0 Å². The molecule has 0 aliphatic heterocycles. The van der Waals surface area contributed by atoms with E-state index in [1.54, 1.807) is 6.07 Å². The van der Waals surface area contributed by atoms with Crippen LogP contribution in [0.4, 0.5) is 5.69 Å². The standard InChI is InChI=1S/C12H8BrN3O4/c13-11-6-5-10(20-11)12(17)15-14-7-8-1-3-9(4-2-8)16(18)19/h1-7H,(H,15,17)/b14-7+. The molecule has 7 nitrogen and oxygen atoms in total. The predicted octanol–water partition coefficient (Wildman–Crippen LogP) is 2.71. The second kappa shape index (κ2) is 6.11. The molecule has 0 fully saturated rings. The van der Waals surface area contributed by atoms with Crippen molar-refractivity contribution < 1.29 is 14.1 Å². The van der Waals surface area contributed by atoms with Gasteiger partial charge in [-0.25, -0.2) is 5.43 Å². The smallest absolute Gasteiger partial charge is 0.307 e. The van der Waals surface area contributed by atoms with Gasteiger partial charge < -0.3 is 4.42 Å². The van der Waals surface area contributed by atoms with E-state index in [2.05, 4.69) is 26.5 Å². The minimum absolute atomic E-state index is 0.00776. The van der Waals surface area contributed by atoms with E-state index in [0.29, 0.717) is 10.2 Å². The van der Waals surface area contributed by atoms with Crippen LogP contribution in [0.15, 0.2) is 50.6 Å². The molecule has 2 aromatic rings. The lowest BCUT2D eigenvalue weighted by Gasteiger charge is -1.96. The average molecular weight is 338 g/mol. The van der Waals surface area contributed by atoms with E-state index in [-0.39, 0.29) is 11.4 Å². The van der Waals surface area contributed by atoms with Crippen LogP contribution >= 0.6 is 15.9 Å². The van der Waals surface area contributed by atoms with E-state index < -0.39 is 10.8 Å². The topological polar surface area (TPSA) is 97.7 Å². The molecule has 0 unspecified atom stereocenters. The highest BCUT2D eigenvalue weighted by Crippen LogP contribution is 2.13. The zero-order valence-corrected chi connectivity index (χ0v) is 11.5. The molecule has 0 bridgehead atoms. The van der Waals surface area contributed by atoms with E-state index in [1.807, 2.05) is 0 Å². The summed E-state index contributed by atoms with van der Waals surface area (Å²) in [6, 6.07) is 8.85. The Balaban J connectivity index is 1.96. The first kappa shape index (κ1) is 13.9. The van der Waals surface area contributed by atoms with E-state index >= 15 is 0 Å². The summed E-state index contributed by atoms with van der Waals surface area (Å²) in [5, 5.41) is 14.2. The molecule has 1 N–H and O–H groups in total. The van der Waals surface area contributed by atoms with Crippen molar-refractivity contribution in [1.82, 2.24) is 5.43 Å². The summed E-state index contributed by atoms with van der Waals surface area (Å²) in [4.78, 5) is 21.5. The quantitative estimate of drug-likeness (QED) is 0.526. The molecule has 1 aromatic heterocycles. The van der Waals surface area contributed by atoms with Gasteiger partial charge in [0.25, 0.3) is 5.69 Å². The van der Waals surface area contributed by atoms with Crippen LogP contribution in [0, 0.1) is 10.1 Å². The lowest BCUT2D eigenvalue weighted by atomic mass is 10.2. The molecule has 1 amide bonds. The Morgan fingerprint density at radius 1 is 1.30 bits per heavy atom. The summed E-state index contributed by atoms with van der Waals surface area (Å²) in [5.74, 6) is -0.369. The summed E-state index contributed by atoms with van der Waals surface area (Å²) in [6.07, 6.45) is 1.37. The highest BCUT2D eigenvalue weighted by molar-refractivity contribution is 9.10. The summed E-state index contributed by atoms with van der Waals surface area (Å²) >= 11 is 3.08. The first-order valence-electron chi connectivity index (χ1n) is 5.39. The number of furan rings is 1. The van der Waals surface area contributed by atoms with Gasteiger partial charge in [0, 0.05) is 12.1 Å². The Kier molecular flexibility index (Phi) is 4.26. The van der Waals surface area contributed by atoms with Crippen molar-refractivity contribution in [2.75, 3.05) is 0 Å². The van der Waals surface area contributed by atoms with Gasteiger partial charge in [0.2, 0.25) is 0 Å². The van der Waals surface area contributed by atoms with Gasteiger partial charge >= 0.3 is 5.91 Å². The third kappa shape index (κ3) is 3.51. The van der Waals surface area contributed by atoms with Crippen LogP contribution in [0.25, 0.3) is 0 Å². The molecule has 1 heterocycles. The highest BCUT2D eigenvalue weighted by Gasteiger charge is 2.08. The van der Waals surface area contributed by atoms with Crippen molar-refractivity contribution in [3.05, 3.63) is 62.5 Å². The van der Waals surface area contributed by atoms with E-state index in [1.165, 1.54) is 36.5 Å². The van der Waals surface area contributed by atoms with Crippen LogP contribution in [0.1, 0.15) is 16.1 Å². The van der Waals surface area contributed by atoms with Gasteiger partial charge in [-0.05, 0) is 45.8 Å². The monoisotopic (exact) mass is 337 g/mol. The molecule has 8 heteroatoms. The molecule has 0 aliphatic carbocycles. The Morgan fingerprint density at radius 3 is 2.55 bits per heavy atom. The number of nitrogens with one attached hydrogen (secondary N) is 1. The van der Waals surface area contributed by atoms with Gasteiger partial charge in [-0.2, -0.15) is 5.10 Å². The minimum atomic E-state index is -0.492. The van der Waals surface area contributed by atoms with Crippen molar-refractivity contribution >= 4 is 33.7 Å². The number of rotatable bonds is 4. The van der Waals surface area contributed by atoms with Crippen LogP contribution in [0.5, 0.6) is 0 Å². The largest absolute Gasteiger partial charge is 0.444 e. The maximum Gasteiger partial charge on any atom is 0.307 e. The Morgan fingerprint density at radius 2 is 2.00 bits per heavy atom. The minimum Gasteiger partial charge on any atom is -0.444 e. The molecule has 0 aliphatic rings. The number of hydrogen-bond acceptors (Lipinski definition) is 5. The molecule has 20 heavy (non-hydrogen) atoms. The number of hydrogen-bond donors (Lipinski definition) is 1. The average Bonchev–Trinajstić information content (AvgIpc) is 2.86. The number of non-ortho nitro benzene ring substituents is 1. The van der Waals surface area contributed by atoms with Crippen molar-refractivity contribution in [2.24, 2.45) is 5.10 Å². The molecule has 0 saturated heterocycles. The van der Waals surface area contributed by atoms with Gasteiger partial charge in [0.1, 0.15) is 0 Å². The van der Waals surface area contributed by atoms with Crippen molar-refractivity contribution in [1.29, 1.82) is 0 Å². The highest BCUT2D eigenvalue weighted by atomic mass is 79.9. The summed E-state index contributed by atoms with van der Waals surface area (Å²) in [7, 11) is 0. The third-order valence-corrected chi connectivity index (χ3v) is 2.71. The molecule has 2 rings (SSSR count). The lowest BCUT2D eigenvalue weighted by molar-refractivity contribution is -0.384.